The van der Waals surface area contributed by atoms with Crippen molar-refractivity contribution < 1.29 is 23.9 Å². The minimum absolute atomic E-state index is 0.109. The first-order valence-electron chi connectivity index (χ1n) is 10.5. The molecule has 1 aromatic rings. The molecule has 31 heavy (non-hydrogen) atoms. The van der Waals surface area contributed by atoms with E-state index >= 15 is 0 Å². The van der Waals surface area contributed by atoms with E-state index < -0.39 is 11.7 Å². The van der Waals surface area contributed by atoms with Crippen LogP contribution in [0.15, 0.2) is 30.3 Å². The summed E-state index contributed by atoms with van der Waals surface area (Å²) in [5.41, 5.74) is -0.0855. The molecule has 2 rings (SSSR count). The summed E-state index contributed by atoms with van der Waals surface area (Å²) in [6.45, 7) is 6.61. The highest BCUT2D eigenvalue weighted by molar-refractivity contribution is 5.96. The highest BCUT2D eigenvalue weighted by Gasteiger charge is 2.28. The molecule has 1 aromatic carbocycles. The molecule has 1 atom stereocenters. The number of hydrogen-bond donors (Lipinski definition) is 3. The lowest BCUT2D eigenvalue weighted by Gasteiger charge is -2.32. The van der Waals surface area contributed by atoms with E-state index in [0.29, 0.717) is 31.5 Å². The molecule has 9 heteroatoms. The summed E-state index contributed by atoms with van der Waals surface area (Å²) in [6.07, 6.45) is 0.867. The van der Waals surface area contributed by atoms with E-state index in [4.69, 9.17) is 4.74 Å². The maximum absolute atomic E-state index is 12.5. The number of benzene rings is 1. The molecular weight excluding hydrogens is 400 g/mol. The summed E-state index contributed by atoms with van der Waals surface area (Å²) >= 11 is 0. The fraction of sp³-hybridized carbons (Fsp3) is 0.545. The van der Waals surface area contributed by atoms with Gasteiger partial charge in [-0.3, -0.25) is 14.4 Å². The lowest BCUT2D eigenvalue weighted by atomic mass is 9.97. The van der Waals surface area contributed by atoms with Crippen LogP contribution in [0.4, 0.5) is 4.79 Å². The lowest BCUT2D eigenvalue weighted by molar-refractivity contribution is -0.134. The Morgan fingerprint density at radius 3 is 2.39 bits per heavy atom. The van der Waals surface area contributed by atoms with Gasteiger partial charge in [0.25, 0.3) is 5.91 Å². The third kappa shape index (κ3) is 8.65. The van der Waals surface area contributed by atoms with Gasteiger partial charge >= 0.3 is 6.09 Å². The quantitative estimate of drug-likeness (QED) is 0.562. The van der Waals surface area contributed by atoms with Gasteiger partial charge in [-0.1, -0.05) is 18.2 Å². The van der Waals surface area contributed by atoms with Crippen LogP contribution < -0.4 is 16.0 Å². The van der Waals surface area contributed by atoms with E-state index in [1.54, 1.807) is 49.9 Å². The van der Waals surface area contributed by atoms with Crippen molar-refractivity contribution in [2.45, 2.75) is 39.2 Å². The first-order chi connectivity index (χ1) is 14.7. The molecule has 170 valence electrons. The van der Waals surface area contributed by atoms with Gasteiger partial charge in [-0.25, -0.2) is 4.79 Å². The van der Waals surface area contributed by atoms with Gasteiger partial charge in [-0.05, 0) is 45.7 Å². The van der Waals surface area contributed by atoms with E-state index in [0.717, 1.165) is 0 Å². The second-order valence-corrected chi connectivity index (χ2v) is 8.45. The third-order valence-corrected chi connectivity index (χ3v) is 4.67. The van der Waals surface area contributed by atoms with Gasteiger partial charge in [0, 0.05) is 31.7 Å². The van der Waals surface area contributed by atoms with Crippen LogP contribution in [0.25, 0.3) is 0 Å². The molecule has 9 nitrogen and oxygen atoms in total. The van der Waals surface area contributed by atoms with E-state index in [-0.39, 0.29) is 43.3 Å². The molecule has 0 bridgehead atoms. The number of likely N-dealkylation sites (tertiary alicyclic amines) is 1. The van der Waals surface area contributed by atoms with Crippen LogP contribution >= 0.6 is 0 Å². The Morgan fingerprint density at radius 2 is 1.71 bits per heavy atom. The van der Waals surface area contributed by atoms with Crippen LogP contribution in [0.1, 0.15) is 44.0 Å². The number of nitrogens with one attached hydrogen (secondary N) is 3. The number of amides is 4. The largest absolute Gasteiger partial charge is 0.444 e. The highest BCUT2D eigenvalue weighted by Crippen LogP contribution is 2.16. The summed E-state index contributed by atoms with van der Waals surface area (Å²) in [5.74, 6) is -0.994. The SMILES string of the molecule is CC(C)(C)OC(=O)NCCNC(=O)C1CCCN(C(=O)CNC(=O)c2ccccc2)C1. The van der Waals surface area contributed by atoms with Crippen LogP contribution in [-0.4, -0.2) is 67.0 Å². The molecule has 0 saturated carbocycles. The van der Waals surface area contributed by atoms with Crippen molar-refractivity contribution >= 4 is 23.8 Å². The zero-order chi connectivity index (χ0) is 22.9. The number of rotatable bonds is 7. The van der Waals surface area contributed by atoms with Gasteiger partial charge in [0.1, 0.15) is 5.60 Å². The molecular formula is C22H32N4O5. The van der Waals surface area contributed by atoms with Gasteiger partial charge < -0.3 is 25.6 Å². The first-order valence-corrected chi connectivity index (χ1v) is 10.5. The maximum atomic E-state index is 12.5. The summed E-state index contributed by atoms with van der Waals surface area (Å²) in [4.78, 5) is 50.2. The number of nitrogens with zero attached hydrogens (tertiary/aromatic N) is 1. The molecule has 3 N–H and O–H groups in total. The molecule has 0 aromatic heterocycles. The minimum atomic E-state index is -0.577. The van der Waals surface area contributed by atoms with Crippen LogP contribution in [0.2, 0.25) is 0 Å². The van der Waals surface area contributed by atoms with Crippen LogP contribution in [0, 0.1) is 5.92 Å². The summed E-state index contributed by atoms with van der Waals surface area (Å²) in [5, 5.41) is 8.00. The molecule has 4 amide bonds. The Morgan fingerprint density at radius 1 is 1.03 bits per heavy atom. The molecule has 1 saturated heterocycles. The third-order valence-electron chi connectivity index (χ3n) is 4.67. The Bertz CT molecular complexity index is 776. The van der Waals surface area contributed by atoms with Gasteiger partial charge in [-0.15, -0.1) is 0 Å². The molecule has 1 fully saturated rings. The summed E-state index contributed by atoms with van der Waals surface area (Å²) in [6, 6.07) is 8.69. The van der Waals surface area contributed by atoms with Crippen molar-refractivity contribution in [3.63, 3.8) is 0 Å². The predicted octanol–water partition coefficient (Wildman–Crippen LogP) is 1.30. The predicted molar refractivity (Wildman–Crippen MR) is 115 cm³/mol. The minimum Gasteiger partial charge on any atom is -0.444 e. The van der Waals surface area contributed by atoms with E-state index in [9.17, 15) is 19.2 Å². The Balaban J connectivity index is 1.70. The van der Waals surface area contributed by atoms with Crippen LogP contribution in [0.5, 0.6) is 0 Å². The zero-order valence-electron chi connectivity index (χ0n) is 18.4. The monoisotopic (exact) mass is 432 g/mol. The number of piperidine rings is 1. The normalized spacial score (nSPS) is 16.2. The molecule has 0 aliphatic carbocycles. The number of hydrogen-bond acceptors (Lipinski definition) is 5. The molecule has 1 unspecified atom stereocenters. The maximum Gasteiger partial charge on any atom is 0.407 e. The second-order valence-electron chi connectivity index (χ2n) is 8.45. The molecule has 1 heterocycles. The Kier molecular flexibility index (Phi) is 8.84. The number of alkyl carbamates (subject to hydrolysis) is 1. The standard InChI is InChI=1S/C22H32N4O5/c1-22(2,3)31-21(30)24-12-11-23-20(29)17-10-7-13-26(15-17)18(27)14-25-19(28)16-8-5-4-6-9-16/h4-6,8-9,17H,7,10-15H2,1-3H3,(H,23,29)(H,24,30)(H,25,28). The van der Waals surface area contributed by atoms with Crippen LogP contribution in [0.3, 0.4) is 0 Å². The van der Waals surface area contributed by atoms with Crippen molar-refractivity contribution in [3.8, 4) is 0 Å². The van der Waals surface area contributed by atoms with Gasteiger partial charge in [0.05, 0.1) is 12.5 Å². The van der Waals surface area contributed by atoms with Crippen molar-refractivity contribution in [1.29, 1.82) is 0 Å². The molecule has 1 aliphatic heterocycles. The topological polar surface area (TPSA) is 117 Å². The number of ether oxygens (including phenoxy) is 1. The van der Waals surface area contributed by atoms with E-state index in [1.165, 1.54) is 0 Å². The summed E-state index contributed by atoms with van der Waals surface area (Å²) in [7, 11) is 0. The zero-order valence-corrected chi connectivity index (χ0v) is 18.4. The van der Waals surface area contributed by atoms with E-state index in [2.05, 4.69) is 16.0 Å². The molecule has 0 spiro atoms. The fourth-order valence-electron chi connectivity index (χ4n) is 3.19. The number of carbonyl (C=O) groups excluding carboxylic acids is 4. The Hall–Kier alpha value is -3.10. The molecule has 1 aliphatic rings. The lowest BCUT2D eigenvalue weighted by Crippen LogP contribution is -2.49. The Labute approximate surface area is 182 Å². The van der Waals surface area contributed by atoms with Crippen molar-refractivity contribution in [2.75, 3.05) is 32.7 Å². The van der Waals surface area contributed by atoms with Gasteiger partial charge in [-0.2, -0.15) is 0 Å². The van der Waals surface area contributed by atoms with Gasteiger partial charge in [0.2, 0.25) is 11.8 Å². The van der Waals surface area contributed by atoms with E-state index in [1.807, 2.05) is 6.07 Å². The average molecular weight is 433 g/mol. The summed E-state index contributed by atoms with van der Waals surface area (Å²) < 4.78 is 5.13. The second kappa shape index (κ2) is 11.3. The number of carbonyl (C=O) groups is 4. The van der Waals surface area contributed by atoms with Crippen molar-refractivity contribution in [2.24, 2.45) is 5.92 Å². The van der Waals surface area contributed by atoms with Crippen molar-refractivity contribution in [3.05, 3.63) is 35.9 Å². The molecule has 0 radical (unpaired) electrons. The van der Waals surface area contributed by atoms with Crippen molar-refractivity contribution in [1.82, 2.24) is 20.9 Å². The van der Waals surface area contributed by atoms with Gasteiger partial charge in [0.15, 0.2) is 0 Å². The average Bonchev–Trinajstić information content (AvgIpc) is 2.74. The first kappa shape index (κ1) is 24.2. The fourth-order valence-corrected chi connectivity index (χ4v) is 3.19. The van der Waals surface area contributed by atoms with Crippen LogP contribution in [-0.2, 0) is 14.3 Å². The highest BCUT2D eigenvalue weighted by atomic mass is 16.6. The smallest absolute Gasteiger partial charge is 0.407 e.